The topological polar surface area (TPSA) is 118 Å². The number of fused-ring (bicyclic) bond motifs is 1. The molecule has 3 aromatic rings. The number of benzene rings is 1. The lowest BCUT2D eigenvalue weighted by Gasteiger charge is -2.34. The number of nitrogens with one attached hydrogen (secondary N) is 1. The zero-order valence-electron chi connectivity index (χ0n) is 16.1. The molecule has 1 amide bonds. The van der Waals surface area contributed by atoms with E-state index in [4.69, 9.17) is 5.73 Å². The van der Waals surface area contributed by atoms with Gasteiger partial charge in [-0.05, 0) is 48.2 Å². The van der Waals surface area contributed by atoms with Crippen LogP contribution in [0.1, 0.15) is 23.0 Å². The maximum Gasteiger partial charge on any atom is 0.274 e. The highest BCUT2D eigenvalue weighted by Crippen LogP contribution is 2.40. The fourth-order valence-corrected chi connectivity index (χ4v) is 5.84. The standard InChI is InChI=1S/C19H18FN5O3S2/c1-19(10-30(27,28)25(2)18(21)24-19)14-9-29-16-6-4-12(7-13(14)16)23-17(26)15-5-3-11(20)8-22-15/h3-9H,10H2,1-2H3,(H2,21,24)(H,23,26)/t19-/m0/s1. The second-order valence-corrected chi connectivity index (χ2v) is 10.1. The Labute approximate surface area is 176 Å². The van der Waals surface area contributed by atoms with Gasteiger partial charge in [0.05, 0.1) is 11.9 Å². The lowest BCUT2D eigenvalue weighted by atomic mass is 9.94. The number of pyridine rings is 1. The first-order valence-electron chi connectivity index (χ1n) is 8.86. The molecule has 1 aliphatic heterocycles. The van der Waals surface area contributed by atoms with Crippen LogP contribution >= 0.6 is 11.3 Å². The number of carbonyl (C=O) groups is 1. The molecule has 1 atom stereocenters. The summed E-state index contributed by atoms with van der Waals surface area (Å²) >= 11 is 1.45. The van der Waals surface area contributed by atoms with Crippen molar-refractivity contribution in [3.05, 3.63) is 59.0 Å². The number of anilines is 1. The van der Waals surface area contributed by atoms with Crippen molar-refractivity contribution in [1.82, 2.24) is 9.29 Å². The van der Waals surface area contributed by atoms with Crippen molar-refractivity contribution in [2.45, 2.75) is 12.5 Å². The molecule has 4 rings (SSSR count). The molecule has 3 N–H and O–H groups in total. The highest BCUT2D eigenvalue weighted by Gasteiger charge is 2.41. The lowest BCUT2D eigenvalue weighted by molar-refractivity contribution is 0.102. The van der Waals surface area contributed by atoms with Gasteiger partial charge in [-0.2, -0.15) is 0 Å². The average Bonchev–Trinajstić information content (AvgIpc) is 3.10. The summed E-state index contributed by atoms with van der Waals surface area (Å²) < 4.78 is 39.9. The molecule has 8 nitrogen and oxygen atoms in total. The second kappa shape index (κ2) is 7.03. The number of aromatic nitrogens is 1. The molecule has 2 aromatic heterocycles. The van der Waals surface area contributed by atoms with Gasteiger partial charge in [-0.3, -0.25) is 4.79 Å². The molecule has 1 aromatic carbocycles. The molecule has 11 heteroatoms. The van der Waals surface area contributed by atoms with Crippen LogP contribution in [-0.4, -0.2) is 42.4 Å². The van der Waals surface area contributed by atoms with Crippen LogP contribution in [0.15, 0.2) is 46.9 Å². The van der Waals surface area contributed by atoms with Crippen molar-refractivity contribution in [1.29, 1.82) is 0 Å². The molecule has 0 bridgehead atoms. The average molecular weight is 448 g/mol. The number of sulfonamides is 1. The normalized spacial score (nSPS) is 20.8. The number of halogens is 1. The summed E-state index contributed by atoms with van der Waals surface area (Å²) in [4.78, 5) is 20.6. The Morgan fingerprint density at radius 2 is 2.10 bits per heavy atom. The number of hydrogen-bond acceptors (Lipinski definition) is 7. The van der Waals surface area contributed by atoms with Crippen molar-refractivity contribution in [2.24, 2.45) is 10.7 Å². The third-order valence-corrected chi connectivity index (χ3v) is 7.85. The number of hydrogen-bond donors (Lipinski definition) is 2. The van der Waals surface area contributed by atoms with Crippen LogP contribution in [0.25, 0.3) is 10.1 Å². The van der Waals surface area contributed by atoms with Crippen LogP contribution in [-0.2, 0) is 15.6 Å². The molecule has 30 heavy (non-hydrogen) atoms. The summed E-state index contributed by atoms with van der Waals surface area (Å²) in [5.74, 6) is -1.31. The van der Waals surface area contributed by atoms with E-state index in [1.165, 1.54) is 24.5 Å². The molecule has 0 saturated heterocycles. The summed E-state index contributed by atoms with van der Waals surface area (Å²) in [5.41, 5.74) is 6.08. The molecule has 0 radical (unpaired) electrons. The predicted octanol–water partition coefficient (Wildman–Crippen LogP) is 2.49. The highest BCUT2D eigenvalue weighted by molar-refractivity contribution is 7.89. The maximum atomic E-state index is 13.0. The molecule has 0 saturated carbocycles. The number of amides is 1. The fourth-order valence-electron chi connectivity index (χ4n) is 3.32. The van der Waals surface area contributed by atoms with Gasteiger partial charge < -0.3 is 11.1 Å². The molecule has 1 aliphatic rings. The van der Waals surface area contributed by atoms with Gasteiger partial charge in [0.1, 0.15) is 17.1 Å². The molecule has 0 aliphatic carbocycles. The minimum Gasteiger partial charge on any atom is -0.369 e. The van der Waals surface area contributed by atoms with Gasteiger partial charge in [0.2, 0.25) is 16.0 Å². The van der Waals surface area contributed by atoms with E-state index in [0.717, 1.165) is 26.7 Å². The SMILES string of the molecule is CN1C(N)=N[C@](C)(c2csc3ccc(NC(=O)c4ccc(F)cn4)cc23)CS1(=O)=O. The fraction of sp³-hybridized carbons (Fsp3) is 0.211. The van der Waals surface area contributed by atoms with Gasteiger partial charge in [-0.25, -0.2) is 27.1 Å². The van der Waals surface area contributed by atoms with E-state index in [1.54, 1.807) is 19.1 Å². The van der Waals surface area contributed by atoms with Crippen molar-refractivity contribution in [3.8, 4) is 0 Å². The molecular formula is C19H18FN5O3S2. The minimum atomic E-state index is -3.61. The van der Waals surface area contributed by atoms with Gasteiger partial charge in [0, 0.05) is 22.8 Å². The van der Waals surface area contributed by atoms with Gasteiger partial charge in [-0.1, -0.05) is 0 Å². The van der Waals surface area contributed by atoms with E-state index in [0.29, 0.717) is 11.3 Å². The summed E-state index contributed by atoms with van der Waals surface area (Å²) in [6.07, 6.45) is 0.971. The van der Waals surface area contributed by atoms with Gasteiger partial charge in [-0.15, -0.1) is 11.3 Å². The Balaban J connectivity index is 1.72. The minimum absolute atomic E-state index is 0.0741. The molecule has 3 heterocycles. The van der Waals surface area contributed by atoms with E-state index in [-0.39, 0.29) is 17.4 Å². The Hall–Kier alpha value is -3.05. The Bertz CT molecular complexity index is 1290. The number of nitrogens with zero attached hydrogens (tertiary/aromatic N) is 3. The van der Waals surface area contributed by atoms with E-state index >= 15 is 0 Å². The molecular weight excluding hydrogens is 429 g/mol. The number of carbonyl (C=O) groups excluding carboxylic acids is 1. The van der Waals surface area contributed by atoms with E-state index in [9.17, 15) is 17.6 Å². The maximum absolute atomic E-state index is 13.0. The zero-order valence-corrected chi connectivity index (χ0v) is 17.7. The van der Waals surface area contributed by atoms with Crippen LogP contribution in [0.5, 0.6) is 0 Å². The smallest absolute Gasteiger partial charge is 0.274 e. The monoisotopic (exact) mass is 447 g/mol. The van der Waals surface area contributed by atoms with Crippen molar-refractivity contribution >= 4 is 49.0 Å². The first-order valence-corrected chi connectivity index (χ1v) is 11.3. The first-order chi connectivity index (χ1) is 14.1. The lowest BCUT2D eigenvalue weighted by Crippen LogP contribution is -2.50. The first kappa shape index (κ1) is 20.2. The van der Waals surface area contributed by atoms with Crippen LogP contribution in [0.3, 0.4) is 0 Å². The molecule has 0 spiro atoms. The Morgan fingerprint density at radius 3 is 2.77 bits per heavy atom. The van der Waals surface area contributed by atoms with Crippen LogP contribution in [0.4, 0.5) is 10.1 Å². The number of nitrogens with two attached hydrogens (primary N) is 1. The highest BCUT2D eigenvalue weighted by atomic mass is 32.2. The Morgan fingerprint density at radius 1 is 1.33 bits per heavy atom. The van der Waals surface area contributed by atoms with Gasteiger partial charge >= 0.3 is 0 Å². The largest absolute Gasteiger partial charge is 0.369 e. The summed E-state index contributed by atoms with van der Waals surface area (Å²) in [6, 6.07) is 7.77. The van der Waals surface area contributed by atoms with Crippen LogP contribution < -0.4 is 11.1 Å². The third-order valence-electron chi connectivity index (χ3n) is 4.94. The Kier molecular flexibility index (Phi) is 4.74. The van der Waals surface area contributed by atoms with E-state index in [2.05, 4.69) is 15.3 Å². The quantitative estimate of drug-likeness (QED) is 0.640. The third kappa shape index (κ3) is 3.50. The van der Waals surface area contributed by atoms with Gasteiger partial charge in [0.25, 0.3) is 5.91 Å². The summed E-state index contributed by atoms with van der Waals surface area (Å²) in [7, 11) is -2.24. The molecule has 0 fully saturated rings. The van der Waals surface area contributed by atoms with Gasteiger partial charge in [0.15, 0.2) is 0 Å². The summed E-state index contributed by atoms with van der Waals surface area (Å²) in [6.45, 7) is 1.72. The van der Waals surface area contributed by atoms with Crippen molar-refractivity contribution in [3.63, 3.8) is 0 Å². The van der Waals surface area contributed by atoms with Crippen LogP contribution in [0, 0.1) is 5.82 Å². The zero-order chi connectivity index (χ0) is 21.7. The predicted molar refractivity (Wildman–Crippen MR) is 114 cm³/mol. The van der Waals surface area contributed by atoms with Crippen LogP contribution in [0.2, 0.25) is 0 Å². The van der Waals surface area contributed by atoms with Crippen molar-refractivity contribution < 1.29 is 17.6 Å². The van der Waals surface area contributed by atoms with E-state index < -0.39 is 27.3 Å². The molecule has 156 valence electrons. The van der Waals surface area contributed by atoms with Crippen molar-refractivity contribution in [2.75, 3.05) is 18.1 Å². The molecule has 0 unspecified atom stereocenters. The number of aliphatic imine (C=N–C) groups is 1. The number of rotatable bonds is 3. The van der Waals surface area contributed by atoms with E-state index in [1.807, 2.05) is 11.4 Å². The number of thiophene rings is 1. The number of guanidine groups is 1. The second-order valence-electron chi connectivity index (χ2n) is 7.14. The summed E-state index contributed by atoms with van der Waals surface area (Å²) in [5, 5.41) is 5.35.